The molecular formula is C16H20N2O3S. The van der Waals surface area contributed by atoms with Gasteiger partial charge in [-0.1, -0.05) is 12.5 Å². The molecule has 3 rings (SSSR count). The summed E-state index contributed by atoms with van der Waals surface area (Å²) in [5.74, 6) is 1.33. The van der Waals surface area contributed by atoms with Gasteiger partial charge in [0.2, 0.25) is 5.89 Å². The molecule has 2 aromatic rings. The average molecular weight is 320 g/mol. The molecule has 0 aliphatic carbocycles. The molecule has 1 atom stereocenters. The number of oxazole rings is 1. The van der Waals surface area contributed by atoms with E-state index < -0.39 is 0 Å². The summed E-state index contributed by atoms with van der Waals surface area (Å²) in [6.07, 6.45) is 3.01. The van der Waals surface area contributed by atoms with Gasteiger partial charge in [0, 0.05) is 6.54 Å². The van der Waals surface area contributed by atoms with Crippen molar-refractivity contribution in [3.63, 3.8) is 0 Å². The minimum absolute atomic E-state index is 0.153. The highest BCUT2D eigenvalue weighted by Crippen LogP contribution is 2.28. The first-order valence-corrected chi connectivity index (χ1v) is 8.39. The molecule has 0 N–H and O–H groups in total. The van der Waals surface area contributed by atoms with Crippen LogP contribution >= 0.6 is 11.3 Å². The van der Waals surface area contributed by atoms with E-state index >= 15 is 0 Å². The van der Waals surface area contributed by atoms with Crippen LogP contribution in [0.5, 0.6) is 0 Å². The van der Waals surface area contributed by atoms with Crippen LogP contribution in [0.15, 0.2) is 21.9 Å². The Labute approximate surface area is 133 Å². The molecule has 22 heavy (non-hydrogen) atoms. The summed E-state index contributed by atoms with van der Waals surface area (Å²) in [7, 11) is 1.45. The van der Waals surface area contributed by atoms with Gasteiger partial charge in [0.1, 0.15) is 11.8 Å². The van der Waals surface area contributed by atoms with Gasteiger partial charge in [0.05, 0.1) is 17.7 Å². The van der Waals surface area contributed by atoms with Crippen LogP contribution in [-0.4, -0.2) is 35.5 Å². The number of likely N-dealkylation sites (tertiary alicyclic amines) is 1. The van der Waals surface area contributed by atoms with Crippen molar-refractivity contribution < 1.29 is 13.9 Å². The quantitative estimate of drug-likeness (QED) is 0.810. The van der Waals surface area contributed by atoms with Crippen molar-refractivity contribution in [3.05, 3.63) is 29.0 Å². The number of hydrogen-bond acceptors (Lipinski definition) is 6. The standard InChI is InChI=1S/C16H20N2O3S/c1-11-12(17-15(21-11)14-7-5-9-22-14)10-18-8-4-3-6-13(18)16(19)20-2/h5,7,9,13H,3-4,6,8,10H2,1-2H3/t13-/m1/s1. The molecule has 0 aromatic carbocycles. The number of ether oxygens (including phenoxy) is 1. The van der Waals surface area contributed by atoms with Crippen LogP contribution < -0.4 is 0 Å². The molecule has 1 fully saturated rings. The lowest BCUT2D eigenvalue weighted by Crippen LogP contribution is -2.44. The molecule has 5 nitrogen and oxygen atoms in total. The summed E-state index contributed by atoms with van der Waals surface area (Å²) in [5.41, 5.74) is 0.902. The molecule has 1 aliphatic rings. The van der Waals surface area contributed by atoms with Gasteiger partial charge in [-0.15, -0.1) is 11.3 Å². The Kier molecular flexibility index (Phi) is 4.59. The first kappa shape index (κ1) is 15.2. The highest BCUT2D eigenvalue weighted by atomic mass is 32.1. The summed E-state index contributed by atoms with van der Waals surface area (Å²) in [6, 6.07) is 3.81. The SMILES string of the molecule is COC(=O)[C@H]1CCCCN1Cc1nc(-c2cccs2)oc1C. The summed E-state index contributed by atoms with van der Waals surface area (Å²) in [5, 5.41) is 2.01. The van der Waals surface area contributed by atoms with Crippen molar-refractivity contribution in [2.45, 2.75) is 38.8 Å². The maximum absolute atomic E-state index is 11.9. The highest BCUT2D eigenvalue weighted by Gasteiger charge is 2.30. The third-order valence-corrected chi connectivity index (χ3v) is 4.92. The Bertz CT molecular complexity index is 636. The van der Waals surface area contributed by atoms with Crippen LogP contribution in [0.4, 0.5) is 0 Å². The lowest BCUT2D eigenvalue weighted by atomic mass is 10.0. The van der Waals surface area contributed by atoms with Gasteiger partial charge >= 0.3 is 5.97 Å². The van der Waals surface area contributed by atoms with Crippen molar-refractivity contribution in [1.29, 1.82) is 0 Å². The van der Waals surface area contributed by atoms with E-state index in [4.69, 9.17) is 9.15 Å². The lowest BCUT2D eigenvalue weighted by Gasteiger charge is -2.33. The number of carbonyl (C=O) groups excluding carboxylic acids is 1. The fourth-order valence-electron chi connectivity index (χ4n) is 2.86. The van der Waals surface area contributed by atoms with E-state index in [1.54, 1.807) is 11.3 Å². The van der Waals surface area contributed by atoms with Gasteiger partial charge in [0.25, 0.3) is 0 Å². The number of piperidine rings is 1. The van der Waals surface area contributed by atoms with Crippen LogP contribution in [0.2, 0.25) is 0 Å². The number of nitrogens with zero attached hydrogens (tertiary/aromatic N) is 2. The van der Waals surface area contributed by atoms with E-state index in [-0.39, 0.29) is 12.0 Å². The molecule has 0 spiro atoms. The normalized spacial score (nSPS) is 19.3. The van der Waals surface area contributed by atoms with Crippen LogP contribution in [0, 0.1) is 6.92 Å². The Morgan fingerprint density at radius 1 is 1.55 bits per heavy atom. The predicted molar refractivity (Wildman–Crippen MR) is 84.6 cm³/mol. The summed E-state index contributed by atoms with van der Waals surface area (Å²) in [6.45, 7) is 3.44. The van der Waals surface area contributed by atoms with E-state index in [1.807, 2.05) is 24.4 Å². The monoisotopic (exact) mass is 320 g/mol. The van der Waals surface area contributed by atoms with E-state index in [0.717, 1.165) is 42.1 Å². The number of carbonyl (C=O) groups is 1. The zero-order chi connectivity index (χ0) is 15.5. The van der Waals surface area contributed by atoms with Crippen LogP contribution in [-0.2, 0) is 16.1 Å². The molecule has 0 saturated carbocycles. The molecule has 118 valence electrons. The highest BCUT2D eigenvalue weighted by molar-refractivity contribution is 7.13. The number of thiophene rings is 1. The molecule has 3 heterocycles. The van der Waals surface area contributed by atoms with Crippen molar-refractivity contribution >= 4 is 17.3 Å². The Balaban J connectivity index is 1.78. The zero-order valence-corrected chi connectivity index (χ0v) is 13.7. The minimum atomic E-state index is -0.167. The Morgan fingerprint density at radius 3 is 3.14 bits per heavy atom. The molecule has 1 saturated heterocycles. The number of aryl methyl sites for hydroxylation is 1. The second-order valence-electron chi connectivity index (χ2n) is 5.50. The molecule has 6 heteroatoms. The second kappa shape index (κ2) is 6.62. The summed E-state index contributed by atoms with van der Waals surface area (Å²) >= 11 is 1.61. The van der Waals surface area contributed by atoms with E-state index in [1.165, 1.54) is 7.11 Å². The average Bonchev–Trinajstić information content (AvgIpc) is 3.17. The van der Waals surface area contributed by atoms with Crippen molar-refractivity contribution in [2.24, 2.45) is 0 Å². The van der Waals surface area contributed by atoms with Crippen molar-refractivity contribution in [1.82, 2.24) is 9.88 Å². The smallest absolute Gasteiger partial charge is 0.323 e. The fraction of sp³-hybridized carbons (Fsp3) is 0.500. The number of esters is 1. The minimum Gasteiger partial charge on any atom is -0.468 e. The first-order valence-electron chi connectivity index (χ1n) is 7.51. The maximum Gasteiger partial charge on any atom is 0.323 e. The van der Waals surface area contributed by atoms with E-state index in [9.17, 15) is 4.79 Å². The largest absolute Gasteiger partial charge is 0.468 e. The molecular weight excluding hydrogens is 300 g/mol. The van der Waals surface area contributed by atoms with Crippen LogP contribution in [0.25, 0.3) is 10.8 Å². The molecule has 0 amide bonds. The molecule has 0 radical (unpaired) electrons. The van der Waals surface area contributed by atoms with Crippen LogP contribution in [0.1, 0.15) is 30.7 Å². The van der Waals surface area contributed by atoms with Gasteiger partial charge in [-0.05, 0) is 37.8 Å². The number of methoxy groups -OCH3 is 1. The van der Waals surface area contributed by atoms with Crippen LogP contribution in [0.3, 0.4) is 0 Å². The molecule has 0 unspecified atom stereocenters. The first-order chi connectivity index (χ1) is 10.7. The van der Waals surface area contributed by atoms with E-state index in [0.29, 0.717) is 12.4 Å². The number of hydrogen-bond donors (Lipinski definition) is 0. The molecule has 1 aliphatic heterocycles. The third kappa shape index (κ3) is 3.08. The molecule has 0 bridgehead atoms. The van der Waals surface area contributed by atoms with Crippen molar-refractivity contribution in [2.75, 3.05) is 13.7 Å². The van der Waals surface area contributed by atoms with Crippen molar-refractivity contribution in [3.8, 4) is 10.8 Å². The summed E-state index contributed by atoms with van der Waals surface area (Å²) < 4.78 is 10.7. The zero-order valence-electron chi connectivity index (χ0n) is 12.9. The van der Waals surface area contributed by atoms with Gasteiger partial charge in [0.15, 0.2) is 0 Å². The maximum atomic E-state index is 11.9. The second-order valence-corrected chi connectivity index (χ2v) is 6.45. The third-order valence-electron chi connectivity index (χ3n) is 4.06. The number of aromatic nitrogens is 1. The predicted octanol–water partition coefficient (Wildman–Crippen LogP) is 3.24. The fourth-order valence-corrected chi connectivity index (χ4v) is 3.50. The van der Waals surface area contributed by atoms with Gasteiger partial charge in [-0.2, -0.15) is 0 Å². The van der Waals surface area contributed by atoms with Gasteiger partial charge in [-0.3, -0.25) is 9.69 Å². The lowest BCUT2D eigenvalue weighted by molar-refractivity contribution is -0.148. The summed E-state index contributed by atoms with van der Waals surface area (Å²) in [4.78, 5) is 19.7. The van der Waals surface area contributed by atoms with Gasteiger partial charge < -0.3 is 9.15 Å². The number of rotatable bonds is 4. The molecule has 2 aromatic heterocycles. The topological polar surface area (TPSA) is 55.6 Å². The Morgan fingerprint density at radius 2 is 2.41 bits per heavy atom. The van der Waals surface area contributed by atoms with E-state index in [2.05, 4.69) is 9.88 Å². The Hall–Kier alpha value is -1.66. The van der Waals surface area contributed by atoms with Gasteiger partial charge in [-0.25, -0.2) is 4.98 Å².